The number of nitrogens with one attached hydrogen (secondary N) is 1. The van der Waals surface area contributed by atoms with Crippen LogP contribution in [0.5, 0.6) is 0 Å². The van der Waals surface area contributed by atoms with Crippen LogP contribution in [-0.2, 0) is 16.0 Å². The lowest BCUT2D eigenvalue weighted by atomic mass is 10.1. The van der Waals surface area contributed by atoms with E-state index in [4.69, 9.17) is 5.73 Å². The summed E-state index contributed by atoms with van der Waals surface area (Å²) >= 11 is 0. The van der Waals surface area contributed by atoms with Crippen LogP contribution in [0.1, 0.15) is 25.3 Å². The molecule has 1 aromatic rings. The first-order chi connectivity index (χ1) is 9.63. The highest BCUT2D eigenvalue weighted by Crippen LogP contribution is 2.15. The summed E-state index contributed by atoms with van der Waals surface area (Å²) in [4.78, 5) is 25.7. The molecule has 1 aliphatic rings. The quantitative estimate of drug-likeness (QED) is 0.824. The van der Waals surface area contributed by atoms with Crippen molar-refractivity contribution < 1.29 is 9.59 Å². The molecule has 6 heteroatoms. The Morgan fingerprint density at radius 1 is 1.43 bits per heavy atom. The van der Waals surface area contributed by atoms with Crippen molar-refractivity contribution in [2.45, 2.75) is 32.2 Å². The van der Waals surface area contributed by atoms with E-state index >= 15 is 0 Å². The van der Waals surface area contributed by atoms with Gasteiger partial charge in [0.25, 0.3) is 0 Å². The smallest absolute Gasteiger partial charge is 0.242 e. The van der Waals surface area contributed by atoms with Gasteiger partial charge in [0, 0.05) is 25.2 Å². The molecule has 1 fully saturated rings. The molecule has 0 aromatic heterocycles. The fraction of sp³-hybridized carbons (Fsp3) is 0.467. The molecule has 0 spiro atoms. The molecule has 116 valence electrons. The maximum atomic E-state index is 12.3. The van der Waals surface area contributed by atoms with Gasteiger partial charge in [0.05, 0.1) is 0 Å². The van der Waals surface area contributed by atoms with Gasteiger partial charge in [-0.25, -0.2) is 0 Å². The average molecular weight is 312 g/mol. The third-order valence-corrected chi connectivity index (χ3v) is 3.70. The molecule has 0 radical (unpaired) electrons. The number of para-hydroxylation sites is 1. The number of benzene rings is 1. The van der Waals surface area contributed by atoms with Crippen LogP contribution >= 0.6 is 12.4 Å². The molecule has 0 saturated carbocycles. The lowest BCUT2D eigenvalue weighted by Crippen LogP contribution is -2.56. The van der Waals surface area contributed by atoms with E-state index in [-0.39, 0.29) is 30.3 Å². The van der Waals surface area contributed by atoms with Crippen molar-refractivity contribution in [3.63, 3.8) is 0 Å². The fourth-order valence-corrected chi connectivity index (χ4v) is 2.57. The number of hydrogen-bond donors (Lipinski definition) is 2. The van der Waals surface area contributed by atoms with Crippen LogP contribution in [0, 0.1) is 0 Å². The number of nitrogen functional groups attached to an aromatic ring is 1. The van der Waals surface area contributed by atoms with Crippen LogP contribution in [0.2, 0.25) is 0 Å². The van der Waals surface area contributed by atoms with Gasteiger partial charge in [-0.3, -0.25) is 9.59 Å². The molecule has 3 N–H and O–H groups in total. The standard InChI is InChI=1S/C15H21N3O2.ClH/c1-2-13-15(20)17-9-10-18(13)14(19)8-7-11-5-3-4-6-12(11)16;/h3-6,13H,2,7-10,16H2,1H3,(H,17,20);1H. The number of hydrogen-bond acceptors (Lipinski definition) is 3. The Balaban J connectivity index is 0.00000220. The number of carbonyl (C=O) groups excluding carboxylic acids is 2. The molecular formula is C15H22ClN3O2. The fourth-order valence-electron chi connectivity index (χ4n) is 2.57. The van der Waals surface area contributed by atoms with Gasteiger partial charge in [-0.2, -0.15) is 0 Å². The zero-order valence-electron chi connectivity index (χ0n) is 12.2. The molecule has 1 heterocycles. The molecule has 1 unspecified atom stereocenters. The number of nitrogens with two attached hydrogens (primary N) is 1. The molecule has 2 rings (SSSR count). The number of halogens is 1. The van der Waals surface area contributed by atoms with E-state index in [1.165, 1.54) is 0 Å². The number of rotatable bonds is 4. The average Bonchev–Trinajstić information content (AvgIpc) is 2.46. The second-order valence-electron chi connectivity index (χ2n) is 5.00. The number of piperazine rings is 1. The lowest BCUT2D eigenvalue weighted by Gasteiger charge is -2.34. The van der Waals surface area contributed by atoms with Crippen molar-refractivity contribution >= 4 is 29.9 Å². The van der Waals surface area contributed by atoms with Crippen LogP contribution in [0.15, 0.2) is 24.3 Å². The molecule has 1 aromatic carbocycles. The van der Waals surface area contributed by atoms with Gasteiger partial charge in [-0.1, -0.05) is 25.1 Å². The molecule has 1 atom stereocenters. The van der Waals surface area contributed by atoms with E-state index in [0.717, 1.165) is 5.56 Å². The minimum atomic E-state index is -0.329. The largest absolute Gasteiger partial charge is 0.399 e. The third-order valence-electron chi connectivity index (χ3n) is 3.70. The van der Waals surface area contributed by atoms with Crippen molar-refractivity contribution in [1.29, 1.82) is 0 Å². The maximum absolute atomic E-state index is 12.3. The van der Waals surface area contributed by atoms with E-state index in [0.29, 0.717) is 38.0 Å². The summed E-state index contributed by atoms with van der Waals surface area (Å²) in [6.07, 6.45) is 1.64. The van der Waals surface area contributed by atoms with Crippen molar-refractivity contribution in [2.75, 3.05) is 18.8 Å². The highest BCUT2D eigenvalue weighted by atomic mass is 35.5. The molecule has 5 nitrogen and oxygen atoms in total. The predicted molar refractivity (Wildman–Crippen MR) is 85.2 cm³/mol. The van der Waals surface area contributed by atoms with Gasteiger partial charge < -0.3 is 16.0 Å². The summed E-state index contributed by atoms with van der Waals surface area (Å²) in [7, 11) is 0. The first-order valence-electron chi connectivity index (χ1n) is 7.04. The number of anilines is 1. The van der Waals surface area contributed by atoms with E-state index in [1.807, 2.05) is 31.2 Å². The summed E-state index contributed by atoms with van der Waals surface area (Å²) in [6, 6.07) is 7.23. The first-order valence-corrected chi connectivity index (χ1v) is 7.04. The van der Waals surface area contributed by atoms with Crippen molar-refractivity contribution in [1.82, 2.24) is 10.2 Å². The van der Waals surface area contributed by atoms with Crippen molar-refractivity contribution in [2.24, 2.45) is 0 Å². The summed E-state index contributed by atoms with van der Waals surface area (Å²) in [5.74, 6) is -0.0266. The number of carbonyl (C=O) groups is 2. The first kappa shape index (κ1) is 17.3. The molecule has 1 saturated heterocycles. The molecular weight excluding hydrogens is 290 g/mol. The van der Waals surface area contributed by atoms with Gasteiger partial charge >= 0.3 is 0 Å². The van der Waals surface area contributed by atoms with Crippen LogP contribution in [0.25, 0.3) is 0 Å². The van der Waals surface area contributed by atoms with E-state index in [9.17, 15) is 9.59 Å². The normalized spacial score (nSPS) is 17.9. The van der Waals surface area contributed by atoms with E-state index < -0.39 is 0 Å². The minimum absolute atomic E-state index is 0. The number of nitrogens with zero attached hydrogens (tertiary/aromatic N) is 1. The Labute approximate surface area is 131 Å². The second kappa shape index (κ2) is 7.88. The SMILES string of the molecule is CCC1C(=O)NCCN1C(=O)CCc1ccccc1N.Cl. The summed E-state index contributed by atoms with van der Waals surface area (Å²) in [6.45, 7) is 3.05. The molecule has 2 amide bonds. The maximum Gasteiger partial charge on any atom is 0.242 e. The summed E-state index contributed by atoms with van der Waals surface area (Å²) in [5.41, 5.74) is 7.57. The highest BCUT2D eigenvalue weighted by Gasteiger charge is 2.31. The zero-order valence-corrected chi connectivity index (χ0v) is 13.0. The lowest BCUT2D eigenvalue weighted by molar-refractivity contribution is -0.143. The Morgan fingerprint density at radius 2 is 2.14 bits per heavy atom. The second-order valence-corrected chi connectivity index (χ2v) is 5.00. The summed E-state index contributed by atoms with van der Waals surface area (Å²) in [5, 5.41) is 2.80. The highest BCUT2D eigenvalue weighted by molar-refractivity contribution is 5.88. The number of aryl methyl sites for hydroxylation is 1. The third kappa shape index (κ3) is 4.11. The van der Waals surface area contributed by atoms with E-state index in [2.05, 4.69) is 5.32 Å². The molecule has 21 heavy (non-hydrogen) atoms. The van der Waals surface area contributed by atoms with Gasteiger partial charge in [0.15, 0.2) is 0 Å². The Morgan fingerprint density at radius 3 is 2.81 bits per heavy atom. The van der Waals surface area contributed by atoms with Gasteiger partial charge in [-0.05, 0) is 24.5 Å². The van der Waals surface area contributed by atoms with Crippen molar-refractivity contribution in [3.8, 4) is 0 Å². The molecule has 0 bridgehead atoms. The van der Waals surface area contributed by atoms with Gasteiger partial charge in [0.2, 0.25) is 11.8 Å². The van der Waals surface area contributed by atoms with Crippen molar-refractivity contribution in [3.05, 3.63) is 29.8 Å². The van der Waals surface area contributed by atoms with Gasteiger partial charge in [0.1, 0.15) is 6.04 Å². The molecule has 0 aliphatic carbocycles. The van der Waals surface area contributed by atoms with Crippen LogP contribution in [0.3, 0.4) is 0 Å². The minimum Gasteiger partial charge on any atom is -0.399 e. The Hall–Kier alpha value is -1.75. The zero-order chi connectivity index (χ0) is 14.5. The van der Waals surface area contributed by atoms with Gasteiger partial charge in [-0.15, -0.1) is 12.4 Å². The van der Waals surface area contributed by atoms with E-state index in [1.54, 1.807) is 4.90 Å². The topological polar surface area (TPSA) is 75.4 Å². The van der Waals surface area contributed by atoms with Crippen LogP contribution in [0.4, 0.5) is 5.69 Å². The Bertz CT molecular complexity index is 507. The predicted octanol–water partition coefficient (Wildman–Crippen LogP) is 1.36. The Kier molecular flexibility index (Phi) is 6.49. The summed E-state index contributed by atoms with van der Waals surface area (Å²) < 4.78 is 0. The van der Waals surface area contributed by atoms with Crippen LogP contribution < -0.4 is 11.1 Å². The van der Waals surface area contributed by atoms with Crippen LogP contribution in [-0.4, -0.2) is 35.8 Å². The monoisotopic (exact) mass is 311 g/mol. The number of amides is 2. The molecule has 1 aliphatic heterocycles.